The Morgan fingerprint density at radius 3 is 2.58 bits per heavy atom. The van der Waals surface area contributed by atoms with Crippen LogP contribution in [0.3, 0.4) is 0 Å². The topological polar surface area (TPSA) is 53.1 Å². The van der Waals surface area contributed by atoms with Gasteiger partial charge in [0.05, 0.1) is 5.69 Å². The van der Waals surface area contributed by atoms with E-state index in [1.807, 2.05) is 36.9 Å². The summed E-state index contributed by atoms with van der Waals surface area (Å²) < 4.78 is 5.82. The minimum atomic E-state index is -0.514. The SMILES string of the molecule is CCCN1CCN(C(=O)CN2C(=O)C(CC)Oc3ccc(C)cc32)CC1. The van der Waals surface area contributed by atoms with Crippen molar-refractivity contribution in [2.75, 3.05) is 44.2 Å². The highest BCUT2D eigenvalue weighted by Gasteiger charge is 2.35. The van der Waals surface area contributed by atoms with Gasteiger partial charge in [-0.15, -0.1) is 0 Å². The van der Waals surface area contributed by atoms with Gasteiger partial charge in [0.1, 0.15) is 12.3 Å². The van der Waals surface area contributed by atoms with Crippen LogP contribution < -0.4 is 9.64 Å². The van der Waals surface area contributed by atoms with Crippen LogP contribution in [0.1, 0.15) is 32.3 Å². The quantitative estimate of drug-likeness (QED) is 0.807. The molecule has 0 radical (unpaired) electrons. The van der Waals surface area contributed by atoms with Gasteiger partial charge in [0, 0.05) is 26.2 Å². The number of rotatable bonds is 5. The van der Waals surface area contributed by atoms with Crippen LogP contribution in [0, 0.1) is 6.92 Å². The summed E-state index contributed by atoms with van der Waals surface area (Å²) in [5.74, 6) is 0.574. The summed E-state index contributed by atoms with van der Waals surface area (Å²) in [6.07, 6.45) is 1.21. The molecule has 1 aromatic carbocycles. The monoisotopic (exact) mass is 359 g/mol. The number of benzene rings is 1. The third kappa shape index (κ3) is 3.85. The molecule has 0 bridgehead atoms. The Bertz CT molecular complexity index is 668. The molecule has 0 N–H and O–H groups in total. The Labute approximate surface area is 155 Å². The largest absolute Gasteiger partial charge is 0.478 e. The second-order valence-electron chi connectivity index (χ2n) is 7.13. The highest BCUT2D eigenvalue weighted by molar-refractivity contribution is 6.03. The standard InChI is InChI=1S/C20H29N3O3/c1-4-8-21-9-11-22(12-10-21)19(24)14-23-16-13-15(3)6-7-18(16)26-17(5-2)20(23)25/h6-7,13,17H,4-5,8-12,14H2,1-3H3. The summed E-state index contributed by atoms with van der Waals surface area (Å²) in [5.41, 5.74) is 1.75. The third-order valence-electron chi connectivity index (χ3n) is 5.14. The fourth-order valence-corrected chi connectivity index (χ4v) is 3.63. The van der Waals surface area contributed by atoms with Gasteiger partial charge >= 0.3 is 0 Å². The molecule has 1 fully saturated rings. The van der Waals surface area contributed by atoms with Gasteiger partial charge in [-0.05, 0) is 44.0 Å². The molecule has 6 heteroatoms. The molecule has 1 saturated heterocycles. The van der Waals surface area contributed by atoms with Crippen LogP contribution in [0.15, 0.2) is 18.2 Å². The van der Waals surface area contributed by atoms with Crippen molar-refractivity contribution < 1.29 is 14.3 Å². The molecule has 1 atom stereocenters. The highest BCUT2D eigenvalue weighted by atomic mass is 16.5. The number of aryl methyl sites for hydroxylation is 1. The zero-order valence-electron chi connectivity index (χ0n) is 16.0. The molecule has 26 heavy (non-hydrogen) atoms. The Kier molecular flexibility index (Phi) is 5.81. The maximum Gasteiger partial charge on any atom is 0.268 e. The number of nitrogens with zero attached hydrogens (tertiary/aromatic N) is 3. The van der Waals surface area contributed by atoms with Gasteiger partial charge < -0.3 is 9.64 Å². The summed E-state index contributed by atoms with van der Waals surface area (Å²) >= 11 is 0. The van der Waals surface area contributed by atoms with Crippen LogP contribution in [0.2, 0.25) is 0 Å². The van der Waals surface area contributed by atoms with Crippen LogP contribution in [0.4, 0.5) is 5.69 Å². The molecular weight excluding hydrogens is 330 g/mol. The van der Waals surface area contributed by atoms with E-state index in [0.717, 1.165) is 44.7 Å². The van der Waals surface area contributed by atoms with Gasteiger partial charge in [0.2, 0.25) is 5.91 Å². The summed E-state index contributed by atoms with van der Waals surface area (Å²) in [4.78, 5) is 31.5. The van der Waals surface area contributed by atoms with Gasteiger partial charge in [0.25, 0.3) is 5.91 Å². The van der Waals surface area contributed by atoms with Crippen molar-refractivity contribution in [2.24, 2.45) is 0 Å². The molecule has 2 amide bonds. The number of carbonyl (C=O) groups is 2. The van der Waals surface area contributed by atoms with Crippen LogP contribution in [-0.4, -0.2) is 67.0 Å². The molecule has 1 unspecified atom stereocenters. The Balaban J connectivity index is 1.73. The van der Waals surface area contributed by atoms with E-state index in [1.165, 1.54) is 0 Å². The number of amides is 2. The van der Waals surface area contributed by atoms with E-state index in [2.05, 4.69) is 11.8 Å². The van der Waals surface area contributed by atoms with Gasteiger partial charge in [-0.1, -0.05) is 19.9 Å². The van der Waals surface area contributed by atoms with Crippen molar-refractivity contribution in [2.45, 2.75) is 39.7 Å². The number of carbonyl (C=O) groups excluding carboxylic acids is 2. The summed E-state index contributed by atoms with van der Waals surface area (Å²) in [7, 11) is 0. The molecule has 0 aliphatic carbocycles. The fraction of sp³-hybridized carbons (Fsp3) is 0.600. The first-order valence-corrected chi connectivity index (χ1v) is 9.62. The Morgan fingerprint density at radius 1 is 1.19 bits per heavy atom. The van der Waals surface area contributed by atoms with Crippen molar-refractivity contribution in [3.8, 4) is 5.75 Å². The zero-order chi connectivity index (χ0) is 18.7. The van der Waals surface area contributed by atoms with E-state index in [9.17, 15) is 9.59 Å². The number of piperazine rings is 1. The normalized spacial score (nSPS) is 20.7. The van der Waals surface area contributed by atoms with E-state index in [4.69, 9.17) is 4.74 Å². The second-order valence-corrected chi connectivity index (χ2v) is 7.13. The maximum absolute atomic E-state index is 12.8. The molecule has 142 valence electrons. The molecule has 1 aromatic rings. The zero-order valence-corrected chi connectivity index (χ0v) is 16.0. The van der Waals surface area contributed by atoms with Crippen LogP contribution in [0.5, 0.6) is 5.75 Å². The van der Waals surface area contributed by atoms with Crippen LogP contribution >= 0.6 is 0 Å². The lowest BCUT2D eigenvalue weighted by Gasteiger charge is -2.37. The molecule has 0 saturated carbocycles. The minimum Gasteiger partial charge on any atom is -0.478 e. The van der Waals surface area contributed by atoms with Crippen molar-refractivity contribution in [1.82, 2.24) is 9.80 Å². The van der Waals surface area contributed by atoms with Crippen molar-refractivity contribution in [1.29, 1.82) is 0 Å². The van der Waals surface area contributed by atoms with E-state index in [0.29, 0.717) is 17.9 Å². The average Bonchev–Trinajstić information content (AvgIpc) is 2.65. The second kappa shape index (κ2) is 8.08. The number of hydrogen-bond acceptors (Lipinski definition) is 4. The lowest BCUT2D eigenvalue weighted by molar-refractivity contribution is -0.134. The van der Waals surface area contributed by atoms with E-state index >= 15 is 0 Å². The fourth-order valence-electron chi connectivity index (χ4n) is 3.63. The lowest BCUT2D eigenvalue weighted by atomic mass is 10.1. The molecule has 2 aliphatic rings. The van der Waals surface area contributed by atoms with Crippen molar-refractivity contribution in [3.63, 3.8) is 0 Å². The lowest BCUT2D eigenvalue weighted by Crippen LogP contribution is -2.54. The number of fused-ring (bicyclic) bond motifs is 1. The molecule has 2 aliphatic heterocycles. The summed E-state index contributed by atoms with van der Waals surface area (Å²) in [6, 6.07) is 5.78. The van der Waals surface area contributed by atoms with E-state index in [-0.39, 0.29) is 18.4 Å². The minimum absolute atomic E-state index is 0.0127. The molecular formula is C20H29N3O3. The van der Waals surface area contributed by atoms with Crippen LogP contribution in [-0.2, 0) is 9.59 Å². The summed E-state index contributed by atoms with van der Waals surface area (Å²) in [6.45, 7) is 10.5. The highest BCUT2D eigenvalue weighted by Crippen LogP contribution is 2.35. The maximum atomic E-state index is 12.8. The van der Waals surface area contributed by atoms with Crippen molar-refractivity contribution >= 4 is 17.5 Å². The average molecular weight is 359 g/mol. The first-order chi connectivity index (χ1) is 12.5. The van der Waals surface area contributed by atoms with Gasteiger partial charge in [0.15, 0.2) is 6.10 Å². The molecule has 6 nitrogen and oxygen atoms in total. The van der Waals surface area contributed by atoms with Gasteiger partial charge in [-0.25, -0.2) is 0 Å². The Hall–Kier alpha value is -2.08. The van der Waals surface area contributed by atoms with Gasteiger partial charge in [-0.3, -0.25) is 19.4 Å². The predicted octanol–water partition coefficient (Wildman–Crippen LogP) is 2.05. The predicted molar refractivity (Wildman–Crippen MR) is 102 cm³/mol. The number of ether oxygens (including phenoxy) is 1. The van der Waals surface area contributed by atoms with Gasteiger partial charge in [-0.2, -0.15) is 0 Å². The number of hydrogen-bond donors (Lipinski definition) is 0. The smallest absolute Gasteiger partial charge is 0.268 e. The van der Waals surface area contributed by atoms with Crippen LogP contribution in [0.25, 0.3) is 0 Å². The van der Waals surface area contributed by atoms with Crippen molar-refractivity contribution in [3.05, 3.63) is 23.8 Å². The number of anilines is 1. The molecule has 0 aromatic heterocycles. The molecule has 2 heterocycles. The first kappa shape index (κ1) is 18.7. The third-order valence-corrected chi connectivity index (χ3v) is 5.14. The molecule has 3 rings (SSSR count). The van der Waals surface area contributed by atoms with E-state index in [1.54, 1.807) is 4.90 Å². The van der Waals surface area contributed by atoms with E-state index < -0.39 is 6.10 Å². The summed E-state index contributed by atoms with van der Waals surface area (Å²) in [5, 5.41) is 0. The molecule has 0 spiro atoms. The Morgan fingerprint density at radius 2 is 1.92 bits per heavy atom. The first-order valence-electron chi connectivity index (χ1n) is 9.62.